The van der Waals surface area contributed by atoms with Gasteiger partial charge in [-0.25, -0.2) is 13.4 Å². The molecule has 0 spiro atoms. The van der Waals surface area contributed by atoms with Gasteiger partial charge in [-0.1, -0.05) is 0 Å². The molecule has 5 nitrogen and oxygen atoms in total. The number of aromatic nitrogens is 1. The van der Waals surface area contributed by atoms with Crippen molar-refractivity contribution in [3.63, 3.8) is 0 Å². The Morgan fingerprint density at radius 3 is 2.67 bits per heavy atom. The SMILES string of the molecule is Cc1nc(NS(=O)(=O)c2csc(CO)c2)sc1C. The van der Waals surface area contributed by atoms with Gasteiger partial charge in [0.05, 0.1) is 17.2 Å². The fraction of sp³-hybridized carbons (Fsp3) is 0.300. The number of sulfonamides is 1. The summed E-state index contributed by atoms with van der Waals surface area (Å²) in [6, 6.07) is 1.46. The summed E-state index contributed by atoms with van der Waals surface area (Å²) in [6.07, 6.45) is 0. The molecule has 2 aromatic heterocycles. The lowest BCUT2D eigenvalue weighted by Crippen LogP contribution is -2.11. The van der Waals surface area contributed by atoms with Crippen LogP contribution >= 0.6 is 22.7 Å². The van der Waals surface area contributed by atoms with Gasteiger partial charge in [-0.3, -0.25) is 4.72 Å². The van der Waals surface area contributed by atoms with Crippen molar-refractivity contribution >= 4 is 37.8 Å². The maximum Gasteiger partial charge on any atom is 0.264 e. The van der Waals surface area contributed by atoms with Crippen molar-refractivity contribution in [2.75, 3.05) is 4.72 Å². The number of thiophene rings is 1. The van der Waals surface area contributed by atoms with Crippen LogP contribution < -0.4 is 4.72 Å². The molecule has 0 bridgehead atoms. The van der Waals surface area contributed by atoms with Gasteiger partial charge in [0.2, 0.25) is 0 Å². The van der Waals surface area contributed by atoms with E-state index in [1.807, 2.05) is 13.8 Å². The molecular weight excluding hydrogens is 292 g/mol. The van der Waals surface area contributed by atoms with Gasteiger partial charge in [0.15, 0.2) is 5.13 Å². The second-order valence-electron chi connectivity index (χ2n) is 3.67. The quantitative estimate of drug-likeness (QED) is 0.906. The third-order valence-corrected chi connectivity index (χ3v) is 5.85. The molecule has 0 atom stereocenters. The Balaban J connectivity index is 2.26. The van der Waals surface area contributed by atoms with Crippen LogP contribution in [0.1, 0.15) is 15.4 Å². The highest BCUT2D eigenvalue weighted by Crippen LogP contribution is 2.26. The topological polar surface area (TPSA) is 79.3 Å². The Morgan fingerprint density at radius 2 is 2.17 bits per heavy atom. The third-order valence-electron chi connectivity index (χ3n) is 2.35. The number of nitrogens with zero attached hydrogens (tertiary/aromatic N) is 1. The number of aliphatic hydroxyl groups excluding tert-OH is 1. The lowest BCUT2D eigenvalue weighted by Gasteiger charge is -2.01. The van der Waals surface area contributed by atoms with Gasteiger partial charge in [-0.05, 0) is 19.9 Å². The second-order valence-corrected chi connectivity index (χ2v) is 7.55. The molecular formula is C10H12N2O3S3. The molecule has 2 rings (SSSR count). The minimum absolute atomic E-state index is 0.155. The van der Waals surface area contributed by atoms with E-state index in [4.69, 9.17) is 5.11 Å². The smallest absolute Gasteiger partial charge is 0.264 e. The zero-order valence-electron chi connectivity index (χ0n) is 9.80. The molecule has 0 saturated carbocycles. The maximum atomic E-state index is 12.0. The molecule has 0 aromatic carbocycles. The van der Waals surface area contributed by atoms with E-state index in [1.165, 1.54) is 34.1 Å². The third kappa shape index (κ3) is 2.72. The van der Waals surface area contributed by atoms with E-state index in [9.17, 15) is 8.42 Å². The molecule has 18 heavy (non-hydrogen) atoms. The van der Waals surface area contributed by atoms with Crippen molar-refractivity contribution in [1.82, 2.24) is 4.98 Å². The normalized spacial score (nSPS) is 11.7. The second kappa shape index (κ2) is 4.96. The number of anilines is 1. The molecule has 98 valence electrons. The van der Waals surface area contributed by atoms with E-state index in [-0.39, 0.29) is 11.5 Å². The molecule has 8 heteroatoms. The first kappa shape index (κ1) is 13.5. The predicted molar refractivity (Wildman–Crippen MR) is 72.6 cm³/mol. The lowest BCUT2D eigenvalue weighted by molar-refractivity contribution is 0.285. The van der Waals surface area contributed by atoms with Crippen LogP contribution in [0.4, 0.5) is 5.13 Å². The van der Waals surface area contributed by atoms with Gasteiger partial charge in [0.1, 0.15) is 0 Å². The predicted octanol–water partition coefficient (Wildman–Crippen LogP) is 2.11. The van der Waals surface area contributed by atoms with Crippen LogP contribution in [0, 0.1) is 13.8 Å². The van der Waals surface area contributed by atoms with Gasteiger partial charge in [0, 0.05) is 15.1 Å². The molecule has 0 radical (unpaired) electrons. The van der Waals surface area contributed by atoms with Gasteiger partial charge in [0.25, 0.3) is 10.0 Å². The van der Waals surface area contributed by atoms with Crippen LogP contribution in [0.3, 0.4) is 0 Å². The summed E-state index contributed by atoms with van der Waals surface area (Å²) < 4.78 is 26.5. The van der Waals surface area contributed by atoms with E-state index in [0.717, 1.165) is 10.6 Å². The lowest BCUT2D eigenvalue weighted by atomic mass is 10.4. The molecule has 0 amide bonds. The van der Waals surface area contributed by atoms with Crippen molar-refractivity contribution in [3.05, 3.63) is 26.9 Å². The summed E-state index contributed by atoms with van der Waals surface area (Å²) in [5.41, 5.74) is 0.819. The van der Waals surface area contributed by atoms with Crippen LogP contribution in [0.5, 0.6) is 0 Å². The Kier molecular flexibility index (Phi) is 3.71. The highest BCUT2D eigenvalue weighted by molar-refractivity contribution is 7.93. The molecule has 0 aliphatic carbocycles. The first-order valence-corrected chi connectivity index (χ1v) is 8.25. The largest absolute Gasteiger partial charge is 0.391 e. The minimum atomic E-state index is -3.61. The van der Waals surface area contributed by atoms with E-state index in [2.05, 4.69) is 9.71 Å². The number of hydrogen-bond acceptors (Lipinski definition) is 6. The number of aryl methyl sites for hydroxylation is 2. The van der Waals surface area contributed by atoms with Gasteiger partial charge in [-0.2, -0.15) is 0 Å². The van der Waals surface area contributed by atoms with E-state index in [1.54, 1.807) is 0 Å². The van der Waals surface area contributed by atoms with Gasteiger partial charge < -0.3 is 5.11 Å². The number of rotatable bonds is 4. The number of thiazole rings is 1. The monoisotopic (exact) mass is 304 g/mol. The van der Waals surface area contributed by atoms with Crippen molar-refractivity contribution in [1.29, 1.82) is 0 Å². The zero-order valence-corrected chi connectivity index (χ0v) is 12.2. The highest BCUT2D eigenvalue weighted by Gasteiger charge is 2.18. The average Bonchev–Trinajstić information content (AvgIpc) is 2.86. The summed E-state index contributed by atoms with van der Waals surface area (Å²) in [6.45, 7) is 3.56. The maximum absolute atomic E-state index is 12.0. The van der Waals surface area contributed by atoms with Crippen LogP contribution in [0.2, 0.25) is 0 Å². The van der Waals surface area contributed by atoms with Crippen molar-refractivity contribution in [2.45, 2.75) is 25.3 Å². The molecule has 0 saturated heterocycles. The summed E-state index contributed by atoms with van der Waals surface area (Å²) in [4.78, 5) is 5.88. The Bertz CT molecular complexity index is 638. The van der Waals surface area contributed by atoms with Crippen LogP contribution in [-0.4, -0.2) is 18.5 Å². The standard InChI is InChI=1S/C10H12N2O3S3/c1-6-7(2)17-10(11-6)12-18(14,15)9-3-8(4-13)16-5-9/h3,5,13H,4H2,1-2H3,(H,11,12). The molecule has 2 aromatic rings. The summed E-state index contributed by atoms with van der Waals surface area (Å²) >= 11 is 2.51. The first-order valence-electron chi connectivity index (χ1n) is 5.07. The van der Waals surface area contributed by atoms with Crippen LogP contribution in [0.25, 0.3) is 0 Å². The Morgan fingerprint density at radius 1 is 1.44 bits per heavy atom. The molecule has 2 heterocycles. The van der Waals surface area contributed by atoms with Crippen molar-refractivity contribution in [2.24, 2.45) is 0 Å². The van der Waals surface area contributed by atoms with E-state index >= 15 is 0 Å². The molecule has 0 aliphatic rings. The fourth-order valence-electron chi connectivity index (χ4n) is 1.27. The number of aliphatic hydroxyl groups is 1. The van der Waals surface area contributed by atoms with Crippen molar-refractivity contribution < 1.29 is 13.5 Å². The molecule has 2 N–H and O–H groups in total. The summed E-state index contributed by atoms with van der Waals surface area (Å²) in [7, 11) is -3.61. The molecule has 0 aliphatic heterocycles. The first-order chi connectivity index (χ1) is 8.42. The number of nitrogens with one attached hydrogen (secondary N) is 1. The fourth-order valence-corrected chi connectivity index (χ4v) is 4.46. The molecule has 0 fully saturated rings. The van der Waals surface area contributed by atoms with Crippen molar-refractivity contribution in [3.8, 4) is 0 Å². The zero-order chi connectivity index (χ0) is 13.3. The van der Waals surface area contributed by atoms with E-state index < -0.39 is 10.0 Å². The van der Waals surface area contributed by atoms with Crippen LogP contribution in [0.15, 0.2) is 16.3 Å². The van der Waals surface area contributed by atoms with Gasteiger partial charge >= 0.3 is 0 Å². The highest BCUT2D eigenvalue weighted by atomic mass is 32.2. The minimum Gasteiger partial charge on any atom is -0.391 e. The average molecular weight is 304 g/mol. The van der Waals surface area contributed by atoms with Crippen LogP contribution in [-0.2, 0) is 16.6 Å². The number of hydrogen-bond donors (Lipinski definition) is 2. The summed E-state index contributed by atoms with van der Waals surface area (Å²) in [5, 5.41) is 10.8. The Labute approximate surface area is 113 Å². The van der Waals surface area contributed by atoms with E-state index in [0.29, 0.717) is 10.0 Å². The Hall–Kier alpha value is -0.960. The molecule has 0 unspecified atom stereocenters. The summed E-state index contributed by atoms with van der Waals surface area (Å²) in [5.74, 6) is 0. The van der Waals surface area contributed by atoms with Gasteiger partial charge in [-0.15, -0.1) is 22.7 Å².